The van der Waals surface area contributed by atoms with Gasteiger partial charge in [0.2, 0.25) is 10.9 Å². The highest BCUT2D eigenvalue weighted by Gasteiger charge is 2.27. The summed E-state index contributed by atoms with van der Waals surface area (Å²) < 4.78 is 0. The lowest BCUT2D eigenvalue weighted by atomic mass is 9.96. The molecule has 0 bridgehead atoms. The maximum Gasteiger partial charge on any atom is 0.250 e. The number of piperidine rings is 1. The average molecular weight is 276 g/mol. The minimum absolute atomic E-state index is 0.341. The summed E-state index contributed by atoms with van der Waals surface area (Å²) in [5.74, 6) is 0. The van der Waals surface area contributed by atoms with Crippen molar-refractivity contribution in [1.82, 2.24) is 0 Å². The number of benzene rings is 1. The average Bonchev–Trinajstić information content (AvgIpc) is 2.46. The molecule has 0 amide bonds. The van der Waals surface area contributed by atoms with Gasteiger partial charge in [0.1, 0.15) is 5.69 Å². The zero-order valence-corrected chi connectivity index (χ0v) is 11.2. The maximum absolute atomic E-state index is 11.8. The molecule has 19 heavy (non-hydrogen) atoms. The second-order valence-electron chi connectivity index (χ2n) is 4.94. The van der Waals surface area contributed by atoms with Crippen molar-refractivity contribution in [3.63, 3.8) is 0 Å². The topological polar surface area (TPSA) is 37.4 Å². The van der Waals surface area contributed by atoms with E-state index in [1.54, 1.807) is 24.3 Å². The fraction of sp³-hybridized carbons (Fsp3) is 0.333. The number of nitrogens with zero attached hydrogens (tertiary/aromatic N) is 1. The molecule has 0 spiro atoms. The Bertz CT molecular complexity index is 662. The molecule has 1 saturated heterocycles. The van der Waals surface area contributed by atoms with Gasteiger partial charge < -0.3 is 4.90 Å². The van der Waals surface area contributed by atoms with Crippen molar-refractivity contribution in [3.8, 4) is 11.1 Å². The summed E-state index contributed by atoms with van der Waals surface area (Å²) >= 11 is 5.85. The Balaban J connectivity index is 2.02. The predicted octanol–water partition coefficient (Wildman–Crippen LogP) is 2.59. The van der Waals surface area contributed by atoms with Crippen LogP contribution in [0.5, 0.6) is 0 Å². The number of halogens is 1. The molecule has 1 aliphatic heterocycles. The lowest BCUT2D eigenvalue weighted by Crippen LogP contribution is -2.44. The summed E-state index contributed by atoms with van der Waals surface area (Å²) in [5, 5.41) is 0.627. The molecule has 3 rings (SSSR count). The van der Waals surface area contributed by atoms with Gasteiger partial charge in [0.05, 0.1) is 5.56 Å². The fourth-order valence-electron chi connectivity index (χ4n) is 2.68. The number of anilines is 1. The normalized spacial score (nSPS) is 15.9. The Morgan fingerprint density at radius 2 is 1.53 bits per heavy atom. The smallest absolute Gasteiger partial charge is 0.250 e. The van der Waals surface area contributed by atoms with Crippen molar-refractivity contribution in [3.05, 3.63) is 49.7 Å². The first-order chi connectivity index (χ1) is 9.18. The summed E-state index contributed by atoms with van der Waals surface area (Å²) in [4.78, 5) is 25.7. The summed E-state index contributed by atoms with van der Waals surface area (Å²) in [6, 6.07) is 7.08. The van der Waals surface area contributed by atoms with Crippen LogP contribution in [0.15, 0.2) is 33.9 Å². The molecule has 3 nitrogen and oxygen atoms in total. The molecule has 1 heterocycles. The van der Waals surface area contributed by atoms with E-state index in [1.807, 2.05) is 0 Å². The predicted molar refractivity (Wildman–Crippen MR) is 77.9 cm³/mol. The molecule has 1 aliphatic rings. The van der Waals surface area contributed by atoms with Crippen molar-refractivity contribution in [2.45, 2.75) is 19.3 Å². The second kappa shape index (κ2) is 4.82. The summed E-state index contributed by atoms with van der Waals surface area (Å²) in [6.07, 6.45) is 3.36. The van der Waals surface area contributed by atoms with Crippen LogP contribution in [0.25, 0.3) is 11.1 Å². The zero-order valence-electron chi connectivity index (χ0n) is 10.5. The van der Waals surface area contributed by atoms with E-state index in [0.717, 1.165) is 31.5 Å². The van der Waals surface area contributed by atoms with Crippen molar-refractivity contribution >= 4 is 17.3 Å². The number of hydrogen-bond acceptors (Lipinski definition) is 3. The summed E-state index contributed by atoms with van der Waals surface area (Å²) in [6.45, 7) is 1.73. The van der Waals surface area contributed by atoms with E-state index in [4.69, 9.17) is 11.6 Å². The van der Waals surface area contributed by atoms with Crippen molar-refractivity contribution in [2.75, 3.05) is 18.0 Å². The van der Waals surface area contributed by atoms with Crippen LogP contribution in [0.1, 0.15) is 19.3 Å². The highest BCUT2D eigenvalue weighted by atomic mass is 35.5. The number of hydrogen-bond donors (Lipinski definition) is 0. The van der Waals surface area contributed by atoms with Gasteiger partial charge in [-0.25, -0.2) is 0 Å². The van der Waals surface area contributed by atoms with Gasteiger partial charge in [-0.15, -0.1) is 0 Å². The van der Waals surface area contributed by atoms with E-state index in [1.165, 1.54) is 6.42 Å². The quantitative estimate of drug-likeness (QED) is 0.791. The van der Waals surface area contributed by atoms with E-state index >= 15 is 0 Å². The lowest BCUT2D eigenvalue weighted by molar-refractivity contribution is 0.576. The van der Waals surface area contributed by atoms with Crippen molar-refractivity contribution in [2.24, 2.45) is 0 Å². The molecule has 0 atom stereocenters. The van der Waals surface area contributed by atoms with Crippen molar-refractivity contribution < 1.29 is 0 Å². The molecule has 0 saturated carbocycles. The van der Waals surface area contributed by atoms with Gasteiger partial charge in [-0.3, -0.25) is 9.59 Å². The van der Waals surface area contributed by atoms with Gasteiger partial charge in [-0.2, -0.15) is 0 Å². The SMILES string of the molecule is O=c1c(-c2ccc(Cl)cc2)c(N2CCCCC2)c1=O. The van der Waals surface area contributed by atoms with Gasteiger partial charge in [0, 0.05) is 18.1 Å². The zero-order chi connectivity index (χ0) is 13.4. The molecular weight excluding hydrogens is 262 g/mol. The third kappa shape index (κ3) is 2.08. The molecule has 4 heteroatoms. The molecular formula is C15H14ClNO2. The van der Waals surface area contributed by atoms with Gasteiger partial charge in [-0.1, -0.05) is 23.7 Å². The second-order valence-corrected chi connectivity index (χ2v) is 5.37. The molecule has 0 aromatic heterocycles. The first kappa shape index (κ1) is 12.4. The first-order valence-corrected chi connectivity index (χ1v) is 6.90. The van der Waals surface area contributed by atoms with E-state index < -0.39 is 0 Å². The Morgan fingerprint density at radius 3 is 2.16 bits per heavy atom. The minimum atomic E-state index is -0.372. The number of rotatable bonds is 2. The van der Waals surface area contributed by atoms with Gasteiger partial charge >= 0.3 is 0 Å². The van der Waals surface area contributed by atoms with E-state index in [-0.39, 0.29) is 10.9 Å². The Morgan fingerprint density at radius 1 is 0.895 bits per heavy atom. The van der Waals surface area contributed by atoms with Crippen LogP contribution < -0.4 is 15.8 Å². The van der Waals surface area contributed by atoms with Crippen LogP contribution >= 0.6 is 11.6 Å². The molecule has 1 fully saturated rings. The largest absolute Gasteiger partial charge is 0.368 e. The standard InChI is InChI=1S/C15H14ClNO2/c16-11-6-4-10(5-7-11)12-13(15(19)14(12)18)17-8-2-1-3-9-17/h4-7H,1-3,8-9H2. The van der Waals surface area contributed by atoms with E-state index in [2.05, 4.69) is 4.90 Å². The highest BCUT2D eigenvalue weighted by Crippen LogP contribution is 2.29. The van der Waals surface area contributed by atoms with Crippen LogP contribution in [-0.2, 0) is 0 Å². The molecule has 98 valence electrons. The van der Waals surface area contributed by atoms with Crippen LogP contribution in [0.3, 0.4) is 0 Å². The molecule has 0 aliphatic carbocycles. The summed E-state index contributed by atoms with van der Waals surface area (Å²) in [5.41, 5.74) is 1.24. The van der Waals surface area contributed by atoms with Gasteiger partial charge in [-0.05, 0) is 37.0 Å². The third-order valence-electron chi connectivity index (χ3n) is 3.69. The molecule has 0 unspecified atom stereocenters. The van der Waals surface area contributed by atoms with E-state index in [9.17, 15) is 9.59 Å². The molecule has 2 aromatic rings. The minimum Gasteiger partial charge on any atom is -0.368 e. The van der Waals surface area contributed by atoms with Gasteiger partial charge in [0.25, 0.3) is 0 Å². The molecule has 0 N–H and O–H groups in total. The van der Waals surface area contributed by atoms with Crippen LogP contribution in [0, 0.1) is 0 Å². The maximum atomic E-state index is 11.8. The van der Waals surface area contributed by atoms with Crippen LogP contribution in [0.2, 0.25) is 5.02 Å². The first-order valence-electron chi connectivity index (χ1n) is 6.52. The lowest BCUT2D eigenvalue weighted by Gasteiger charge is -2.30. The molecule has 0 radical (unpaired) electrons. The monoisotopic (exact) mass is 275 g/mol. The molecule has 2 aromatic carbocycles. The van der Waals surface area contributed by atoms with Gasteiger partial charge in [0.15, 0.2) is 0 Å². The Kier molecular flexibility index (Phi) is 3.15. The van der Waals surface area contributed by atoms with Crippen LogP contribution in [-0.4, -0.2) is 13.1 Å². The summed E-state index contributed by atoms with van der Waals surface area (Å²) in [7, 11) is 0. The third-order valence-corrected chi connectivity index (χ3v) is 3.94. The fourth-order valence-corrected chi connectivity index (χ4v) is 2.81. The Hall–Kier alpha value is -1.61. The Labute approximate surface area is 116 Å². The van der Waals surface area contributed by atoms with Crippen molar-refractivity contribution in [1.29, 1.82) is 0 Å². The highest BCUT2D eigenvalue weighted by molar-refractivity contribution is 6.30. The van der Waals surface area contributed by atoms with Crippen LogP contribution in [0.4, 0.5) is 5.69 Å². The van der Waals surface area contributed by atoms with E-state index in [0.29, 0.717) is 16.3 Å².